The van der Waals surface area contributed by atoms with Crippen LogP contribution in [0.15, 0.2) is 100 Å². The van der Waals surface area contributed by atoms with Gasteiger partial charge in [-0.05, 0) is 58.7 Å². The third-order valence-electron chi connectivity index (χ3n) is 5.05. The standard InChI is InChI=1S/C26H16N4O3/c27-16-17-4-1-5-20(14-17)18-9-11-19(12-10-18)21-6-2-7-22(15-21)24(31)28-26-30-29-25(33-26)23-8-3-13-32-23/h1-15H,(H,28,30,31). The number of nitriles is 1. The molecule has 2 aromatic heterocycles. The van der Waals surface area contributed by atoms with Gasteiger partial charge in [-0.2, -0.15) is 5.26 Å². The minimum Gasteiger partial charge on any atom is -0.459 e. The van der Waals surface area contributed by atoms with Crippen LogP contribution in [0.5, 0.6) is 0 Å². The predicted octanol–water partition coefficient (Wildman–Crippen LogP) is 5.79. The number of nitrogens with zero attached hydrogens (tertiary/aromatic N) is 3. The number of anilines is 1. The lowest BCUT2D eigenvalue weighted by Crippen LogP contribution is -2.12. The van der Waals surface area contributed by atoms with E-state index in [4.69, 9.17) is 14.1 Å². The third kappa shape index (κ3) is 4.27. The van der Waals surface area contributed by atoms with Gasteiger partial charge >= 0.3 is 6.01 Å². The van der Waals surface area contributed by atoms with E-state index in [1.54, 1.807) is 30.3 Å². The molecular formula is C26H16N4O3. The molecule has 0 saturated carbocycles. The topological polar surface area (TPSA) is 105 Å². The summed E-state index contributed by atoms with van der Waals surface area (Å²) in [6, 6.07) is 28.2. The zero-order chi connectivity index (χ0) is 22.6. The number of carbonyl (C=O) groups excluding carboxylic acids is 1. The third-order valence-corrected chi connectivity index (χ3v) is 5.05. The van der Waals surface area contributed by atoms with Crippen LogP contribution in [-0.4, -0.2) is 16.1 Å². The molecule has 0 aliphatic heterocycles. The highest BCUT2D eigenvalue weighted by atomic mass is 16.4. The van der Waals surface area contributed by atoms with Gasteiger partial charge in [-0.1, -0.05) is 53.6 Å². The molecule has 33 heavy (non-hydrogen) atoms. The molecular weight excluding hydrogens is 416 g/mol. The SMILES string of the molecule is N#Cc1cccc(-c2ccc(-c3cccc(C(=O)Nc4nnc(-c5ccco5)o4)c3)cc2)c1. The molecule has 0 fully saturated rings. The molecule has 3 aromatic carbocycles. The fraction of sp³-hybridized carbons (Fsp3) is 0. The Bertz CT molecular complexity index is 1460. The van der Waals surface area contributed by atoms with Crippen molar-refractivity contribution < 1.29 is 13.6 Å². The highest BCUT2D eigenvalue weighted by Gasteiger charge is 2.14. The monoisotopic (exact) mass is 432 g/mol. The van der Waals surface area contributed by atoms with Crippen molar-refractivity contribution in [3.05, 3.63) is 102 Å². The zero-order valence-corrected chi connectivity index (χ0v) is 17.2. The van der Waals surface area contributed by atoms with Gasteiger partial charge in [0.2, 0.25) is 0 Å². The number of nitrogens with one attached hydrogen (secondary N) is 1. The maximum Gasteiger partial charge on any atom is 0.322 e. The Morgan fingerprint density at radius 1 is 0.818 bits per heavy atom. The molecule has 0 spiro atoms. The smallest absolute Gasteiger partial charge is 0.322 e. The summed E-state index contributed by atoms with van der Waals surface area (Å²) in [6.45, 7) is 0. The van der Waals surface area contributed by atoms with Gasteiger partial charge in [-0.25, -0.2) is 0 Å². The number of hydrogen-bond donors (Lipinski definition) is 1. The Morgan fingerprint density at radius 2 is 1.55 bits per heavy atom. The van der Waals surface area contributed by atoms with Crippen molar-refractivity contribution in [3.63, 3.8) is 0 Å². The quantitative estimate of drug-likeness (QED) is 0.377. The van der Waals surface area contributed by atoms with Crippen LogP contribution in [0.4, 0.5) is 6.01 Å². The van der Waals surface area contributed by atoms with Crippen LogP contribution in [-0.2, 0) is 0 Å². The van der Waals surface area contributed by atoms with Gasteiger partial charge in [0.05, 0.1) is 17.9 Å². The van der Waals surface area contributed by atoms with Crippen LogP contribution >= 0.6 is 0 Å². The van der Waals surface area contributed by atoms with Crippen molar-refractivity contribution in [2.75, 3.05) is 5.32 Å². The summed E-state index contributed by atoms with van der Waals surface area (Å²) in [4.78, 5) is 12.7. The van der Waals surface area contributed by atoms with Gasteiger partial charge in [-0.3, -0.25) is 10.1 Å². The summed E-state index contributed by atoms with van der Waals surface area (Å²) in [6.07, 6.45) is 1.50. The second kappa shape index (κ2) is 8.65. The van der Waals surface area contributed by atoms with E-state index in [2.05, 4.69) is 21.6 Å². The first kappa shape index (κ1) is 20.0. The average molecular weight is 432 g/mol. The van der Waals surface area contributed by atoms with E-state index in [9.17, 15) is 4.79 Å². The molecule has 0 aliphatic rings. The molecule has 2 heterocycles. The molecule has 7 heteroatoms. The molecule has 0 saturated heterocycles. The largest absolute Gasteiger partial charge is 0.459 e. The van der Waals surface area contributed by atoms with Crippen molar-refractivity contribution in [3.8, 4) is 40.0 Å². The van der Waals surface area contributed by atoms with E-state index >= 15 is 0 Å². The highest BCUT2D eigenvalue weighted by Crippen LogP contribution is 2.26. The number of furan rings is 1. The lowest BCUT2D eigenvalue weighted by Gasteiger charge is -2.07. The molecule has 1 N–H and O–H groups in total. The van der Waals surface area contributed by atoms with Crippen LogP contribution in [0.1, 0.15) is 15.9 Å². The number of rotatable bonds is 5. The van der Waals surface area contributed by atoms with Crippen molar-refractivity contribution in [1.29, 1.82) is 5.26 Å². The van der Waals surface area contributed by atoms with Crippen LogP contribution in [0.2, 0.25) is 0 Å². The Kier molecular flexibility index (Phi) is 5.23. The maximum atomic E-state index is 12.7. The van der Waals surface area contributed by atoms with E-state index in [0.717, 1.165) is 22.3 Å². The fourth-order valence-electron chi connectivity index (χ4n) is 3.41. The second-order valence-corrected chi connectivity index (χ2v) is 7.19. The van der Waals surface area contributed by atoms with E-state index in [-0.39, 0.29) is 17.8 Å². The molecule has 0 aliphatic carbocycles. The van der Waals surface area contributed by atoms with E-state index in [1.165, 1.54) is 6.26 Å². The van der Waals surface area contributed by atoms with Crippen molar-refractivity contribution in [2.45, 2.75) is 0 Å². The summed E-state index contributed by atoms with van der Waals surface area (Å²) in [5.74, 6) is 0.244. The average Bonchev–Trinajstić information content (AvgIpc) is 3.57. The molecule has 7 nitrogen and oxygen atoms in total. The number of aromatic nitrogens is 2. The molecule has 0 bridgehead atoms. The second-order valence-electron chi connectivity index (χ2n) is 7.19. The minimum atomic E-state index is -0.364. The molecule has 5 aromatic rings. The molecule has 158 valence electrons. The van der Waals surface area contributed by atoms with Gasteiger partial charge in [0, 0.05) is 5.56 Å². The first-order chi connectivity index (χ1) is 16.2. The zero-order valence-electron chi connectivity index (χ0n) is 17.2. The number of carbonyl (C=O) groups is 1. The first-order valence-corrected chi connectivity index (χ1v) is 10.1. The van der Waals surface area contributed by atoms with Gasteiger partial charge in [-0.15, -0.1) is 5.10 Å². The van der Waals surface area contributed by atoms with Crippen LogP contribution in [0, 0.1) is 11.3 Å². The predicted molar refractivity (Wildman–Crippen MR) is 122 cm³/mol. The van der Waals surface area contributed by atoms with Gasteiger partial charge in [0.15, 0.2) is 5.76 Å². The lowest BCUT2D eigenvalue weighted by atomic mass is 9.98. The Hall–Kier alpha value is -4.96. The summed E-state index contributed by atoms with van der Waals surface area (Å²) < 4.78 is 10.7. The Labute approximate surface area is 188 Å². The lowest BCUT2D eigenvalue weighted by molar-refractivity contribution is 0.102. The minimum absolute atomic E-state index is 0.0132. The van der Waals surface area contributed by atoms with E-state index < -0.39 is 0 Å². The van der Waals surface area contributed by atoms with E-state index in [0.29, 0.717) is 16.9 Å². The summed E-state index contributed by atoms with van der Waals surface area (Å²) in [7, 11) is 0. The Balaban J connectivity index is 1.33. The summed E-state index contributed by atoms with van der Waals surface area (Å²) >= 11 is 0. The normalized spacial score (nSPS) is 10.5. The van der Waals surface area contributed by atoms with Crippen LogP contribution in [0.3, 0.4) is 0 Å². The summed E-state index contributed by atoms with van der Waals surface area (Å²) in [5.41, 5.74) is 4.91. The van der Waals surface area contributed by atoms with Gasteiger partial charge < -0.3 is 8.83 Å². The van der Waals surface area contributed by atoms with Crippen LogP contribution < -0.4 is 5.32 Å². The maximum absolute atomic E-state index is 12.7. The molecule has 5 rings (SSSR count). The van der Waals surface area contributed by atoms with E-state index in [1.807, 2.05) is 54.6 Å². The van der Waals surface area contributed by atoms with Crippen molar-refractivity contribution in [2.24, 2.45) is 0 Å². The first-order valence-electron chi connectivity index (χ1n) is 10.1. The number of hydrogen-bond acceptors (Lipinski definition) is 6. The molecule has 1 amide bonds. The highest BCUT2D eigenvalue weighted by molar-refractivity contribution is 6.03. The van der Waals surface area contributed by atoms with Gasteiger partial charge in [0.25, 0.3) is 11.8 Å². The van der Waals surface area contributed by atoms with Crippen molar-refractivity contribution >= 4 is 11.9 Å². The number of amides is 1. The summed E-state index contributed by atoms with van der Waals surface area (Å²) in [5, 5.41) is 19.4. The van der Waals surface area contributed by atoms with Gasteiger partial charge in [0.1, 0.15) is 0 Å². The van der Waals surface area contributed by atoms with Crippen molar-refractivity contribution in [1.82, 2.24) is 10.2 Å². The fourth-order valence-corrected chi connectivity index (χ4v) is 3.41. The van der Waals surface area contributed by atoms with Crippen LogP contribution in [0.25, 0.3) is 33.9 Å². The molecule has 0 unspecified atom stereocenters. The molecule has 0 atom stereocenters. The molecule has 0 radical (unpaired) electrons. The number of benzene rings is 3. The Morgan fingerprint density at radius 3 is 2.24 bits per heavy atom.